The molecule has 8 heteroatoms. The standard InChI is InChI=1S/C28H33N5O3/c1-30-16-24(8-10-27(30)34)22-7-9-25(29-15-22)18-32-13-14-33(28(32)35)20-26(36-2)19-31-12-11-21-5-3-4-6-23(21)17-31/h3-10,15-16,26H,11-14,17-20H2,1-2H3/t26-/m1/s1. The third kappa shape index (κ3) is 5.34. The van der Waals surface area contributed by atoms with E-state index in [0.717, 1.165) is 42.9 Å². The number of methoxy groups -OCH3 is 1. The van der Waals surface area contributed by atoms with E-state index in [1.54, 1.807) is 43.3 Å². The zero-order chi connectivity index (χ0) is 25.1. The summed E-state index contributed by atoms with van der Waals surface area (Å²) in [7, 11) is 3.47. The first-order valence-corrected chi connectivity index (χ1v) is 12.5. The summed E-state index contributed by atoms with van der Waals surface area (Å²) in [6, 6.07) is 15.9. The summed E-state index contributed by atoms with van der Waals surface area (Å²) in [5, 5.41) is 0. The summed E-state index contributed by atoms with van der Waals surface area (Å²) in [5.74, 6) is 0. The van der Waals surface area contributed by atoms with E-state index in [2.05, 4.69) is 34.1 Å². The van der Waals surface area contributed by atoms with E-state index in [9.17, 15) is 9.59 Å². The fourth-order valence-corrected chi connectivity index (χ4v) is 5.05. The quantitative estimate of drug-likeness (QED) is 0.489. The molecule has 0 bridgehead atoms. The number of pyridine rings is 2. The van der Waals surface area contributed by atoms with Crippen LogP contribution in [0.2, 0.25) is 0 Å². The van der Waals surface area contributed by atoms with Crippen molar-refractivity contribution in [1.29, 1.82) is 0 Å². The van der Waals surface area contributed by atoms with Crippen LogP contribution in [-0.2, 0) is 31.3 Å². The highest BCUT2D eigenvalue weighted by atomic mass is 16.5. The van der Waals surface area contributed by atoms with Crippen LogP contribution in [-0.4, -0.2) is 76.2 Å². The number of aryl methyl sites for hydroxylation is 1. The molecule has 2 aromatic heterocycles. The van der Waals surface area contributed by atoms with Gasteiger partial charge in [0.15, 0.2) is 0 Å². The molecule has 0 spiro atoms. The fourth-order valence-electron chi connectivity index (χ4n) is 5.05. The number of ether oxygens (including phenoxy) is 1. The molecule has 0 unspecified atom stereocenters. The van der Waals surface area contributed by atoms with Gasteiger partial charge in [-0.3, -0.25) is 14.7 Å². The first-order chi connectivity index (χ1) is 17.5. The van der Waals surface area contributed by atoms with Gasteiger partial charge >= 0.3 is 6.03 Å². The van der Waals surface area contributed by atoms with Gasteiger partial charge in [0, 0.05) is 77.4 Å². The van der Waals surface area contributed by atoms with Crippen molar-refractivity contribution in [3.63, 3.8) is 0 Å². The third-order valence-electron chi connectivity index (χ3n) is 7.21. The fraction of sp³-hybridized carbons (Fsp3) is 0.393. The minimum Gasteiger partial charge on any atom is -0.378 e. The van der Waals surface area contributed by atoms with Crippen LogP contribution in [0.1, 0.15) is 16.8 Å². The first kappa shape index (κ1) is 24.2. The Morgan fingerprint density at radius 2 is 1.69 bits per heavy atom. The third-order valence-corrected chi connectivity index (χ3v) is 7.21. The molecule has 1 atom stereocenters. The second kappa shape index (κ2) is 10.6. The van der Waals surface area contributed by atoms with Crippen molar-refractivity contribution < 1.29 is 9.53 Å². The van der Waals surface area contributed by atoms with E-state index in [1.165, 1.54) is 11.1 Å². The highest BCUT2D eigenvalue weighted by molar-refractivity contribution is 5.76. The van der Waals surface area contributed by atoms with Gasteiger partial charge in [-0.15, -0.1) is 0 Å². The van der Waals surface area contributed by atoms with E-state index < -0.39 is 0 Å². The predicted octanol–water partition coefficient (Wildman–Crippen LogP) is 2.76. The smallest absolute Gasteiger partial charge is 0.320 e. The Hall–Kier alpha value is -3.49. The van der Waals surface area contributed by atoms with Crippen molar-refractivity contribution in [2.24, 2.45) is 7.05 Å². The van der Waals surface area contributed by atoms with Crippen LogP contribution < -0.4 is 5.56 Å². The topological polar surface area (TPSA) is 70.9 Å². The molecule has 8 nitrogen and oxygen atoms in total. The molecule has 0 N–H and O–H groups in total. The number of carbonyl (C=O) groups excluding carboxylic acids is 1. The van der Waals surface area contributed by atoms with Crippen LogP contribution in [0.5, 0.6) is 0 Å². The van der Waals surface area contributed by atoms with Crippen molar-refractivity contribution >= 4 is 6.03 Å². The molecule has 188 valence electrons. The average Bonchev–Trinajstić information content (AvgIpc) is 3.24. The van der Waals surface area contributed by atoms with E-state index in [0.29, 0.717) is 26.2 Å². The van der Waals surface area contributed by atoms with Crippen LogP contribution in [0.4, 0.5) is 4.79 Å². The number of aromatic nitrogens is 2. The maximum Gasteiger partial charge on any atom is 0.320 e. The lowest BCUT2D eigenvalue weighted by Crippen LogP contribution is -2.44. The zero-order valence-electron chi connectivity index (χ0n) is 21.0. The van der Waals surface area contributed by atoms with Crippen molar-refractivity contribution in [2.45, 2.75) is 25.6 Å². The van der Waals surface area contributed by atoms with Crippen LogP contribution >= 0.6 is 0 Å². The number of urea groups is 1. The summed E-state index contributed by atoms with van der Waals surface area (Å²) >= 11 is 0. The molecule has 0 aliphatic carbocycles. The molecule has 1 aromatic carbocycles. The normalized spacial score (nSPS) is 16.9. The van der Waals surface area contributed by atoms with Crippen molar-refractivity contribution in [1.82, 2.24) is 24.3 Å². The van der Waals surface area contributed by atoms with Crippen LogP contribution in [0.3, 0.4) is 0 Å². The van der Waals surface area contributed by atoms with E-state index in [1.807, 2.05) is 21.9 Å². The van der Waals surface area contributed by atoms with Gasteiger partial charge in [0.2, 0.25) is 5.56 Å². The molecular weight excluding hydrogens is 454 g/mol. The summed E-state index contributed by atoms with van der Waals surface area (Å²) in [6.45, 7) is 5.18. The summed E-state index contributed by atoms with van der Waals surface area (Å²) in [5.41, 5.74) is 5.49. The number of hydrogen-bond donors (Lipinski definition) is 0. The molecule has 2 amide bonds. The number of rotatable bonds is 8. The molecule has 5 rings (SSSR count). The van der Waals surface area contributed by atoms with E-state index in [4.69, 9.17) is 4.74 Å². The molecule has 1 fully saturated rings. The molecule has 4 heterocycles. The van der Waals surface area contributed by atoms with Gasteiger partial charge in [-0.2, -0.15) is 0 Å². The number of benzene rings is 1. The average molecular weight is 488 g/mol. The van der Waals surface area contributed by atoms with Gasteiger partial charge in [0.25, 0.3) is 0 Å². The summed E-state index contributed by atoms with van der Waals surface area (Å²) < 4.78 is 7.34. The molecular formula is C28H33N5O3. The lowest BCUT2D eigenvalue weighted by atomic mass is 10.00. The number of nitrogens with zero attached hydrogens (tertiary/aromatic N) is 5. The largest absolute Gasteiger partial charge is 0.378 e. The number of amides is 2. The van der Waals surface area contributed by atoms with E-state index in [-0.39, 0.29) is 17.7 Å². The maximum absolute atomic E-state index is 13.1. The van der Waals surface area contributed by atoms with Crippen molar-refractivity contribution in [2.75, 3.05) is 39.8 Å². The second-order valence-electron chi connectivity index (χ2n) is 9.67. The molecule has 3 aromatic rings. The van der Waals surface area contributed by atoms with Gasteiger partial charge in [0.05, 0.1) is 18.3 Å². The molecule has 1 saturated heterocycles. The minimum atomic E-state index is -0.0441. The highest BCUT2D eigenvalue weighted by Crippen LogP contribution is 2.21. The first-order valence-electron chi connectivity index (χ1n) is 12.5. The lowest BCUT2D eigenvalue weighted by Gasteiger charge is -2.32. The maximum atomic E-state index is 13.1. The Morgan fingerprint density at radius 3 is 2.44 bits per heavy atom. The van der Waals surface area contributed by atoms with E-state index >= 15 is 0 Å². The highest BCUT2D eigenvalue weighted by Gasteiger charge is 2.31. The minimum absolute atomic E-state index is 0.0293. The van der Waals surface area contributed by atoms with Gasteiger partial charge < -0.3 is 19.1 Å². The van der Waals surface area contributed by atoms with Crippen LogP contribution in [0.25, 0.3) is 11.1 Å². The molecule has 36 heavy (non-hydrogen) atoms. The van der Waals surface area contributed by atoms with Gasteiger partial charge in [-0.05, 0) is 35.2 Å². The van der Waals surface area contributed by atoms with Gasteiger partial charge in [-0.25, -0.2) is 4.79 Å². The molecule has 2 aliphatic heterocycles. The van der Waals surface area contributed by atoms with Crippen LogP contribution in [0, 0.1) is 0 Å². The lowest BCUT2D eigenvalue weighted by molar-refractivity contribution is 0.0419. The Morgan fingerprint density at radius 1 is 0.917 bits per heavy atom. The molecule has 0 radical (unpaired) electrons. The Kier molecular flexibility index (Phi) is 7.16. The monoisotopic (exact) mass is 487 g/mol. The Labute approximate surface area is 211 Å². The summed E-state index contributed by atoms with van der Waals surface area (Å²) in [6.07, 6.45) is 4.62. The number of fused-ring (bicyclic) bond motifs is 1. The number of hydrogen-bond acceptors (Lipinski definition) is 5. The van der Waals surface area contributed by atoms with Gasteiger partial charge in [0.1, 0.15) is 0 Å². The zero-order valence-corrected chi connectivity index (χ0v) is 21.0. The second-order valence-corrected chi connectivity index (χ2v) is 9.67. The van der Waals surface area contributed by atoms with Crippen LogP contribution in [0.15, 0.2) is 65.7 Å². The van der Waals surface area contributed by atoms with Gasteiger partial charge in [-0.1, -0.05) is 30.3 Å². The SMILES string of the molecule is CO[C@H](CN1CCc2ccccc2C1)CN1CCN(Cc2ccc(-c3ccc(=O)n(C)c3)cn2)C1=O. The Balaban J connectivity index is 1.15. The predicted molar refractivity (Wildman–Crippen MR) is 139 cm³/mol. The van der Waals surface area contributed by atoms with Crippen molar-refractivity contribution in [3.05, 3.63) is 88.1 Å². The molecule has 2 aliphatic rings. The van der Waals surface area contributed by atoms with Crippen molar-refractivity contribution in [3.8, 4) is 11.1 Å². The molecule has 0 saturated carbocycles. The number of carbonyl (C=O) groups is 1. The Bertz CT molecular complexity index is 1270. The summed E-state index contributed by atoms with van der Waals surface area (Å²) in [4.78, 5) is 35.5.